The Kier molecular flexibility index (Phi) is 4.44. The predicted octanol–water partition coefficient (Wildman–Crippen LogP) is 2.53. The first-order valence-electron chi connectivity index (χ1n) is 4.02. The number of hydrogen-bond donors (Lipinski definition) is 0. The molecule has 0 aliphatic carbocycles. The molecule has 0 atom stereocenters. The van der Waals surface area contributed by atoms with Gasteiger partial charge in [0.2, 0.25) is 0 Å². The van der Waals surface area contributed by atoms with Gasteiger partial charge in [-0.15, -0.1) is 0 Å². The molecule has 17 heavy (non-hydrogen) atoms. The third-order valence-electron chi connectivity index (χ3n) is 1.41. The number of halogens is 7. The van der Waals surface area contributed by atoms with E-state index in [1.807, 2.05) is 0 Å². The molecule has 0 rings (SSSR count). The minimum atomic E-state index is -6.63. The molecular formula is C6H7F7O3S. The van der Waals surface area contributed by atoms with Gasteiger partial charge in [0.25, 0.3) is 10.1 Å². The monoisotopic (exact) mass is 292 g/mol. The van der Waals surface area contributed by atoms with Crippen LogP contribution in [0.2, 0.25) is 0 Å². The van der Waals surface area contributed by atoms with Gasteiger partial charge in [0.1, 0.15) is 0 Å². The average Bonchev–Trinajstić information content (AvgIpc) is 1.98. The Hall–Kier alpha value is -0.580. The first-order valence-corrected chi connectivity index (χ1v) is 5.60. The third-order valence-corrected chi connectivity index (χ3v) is 2.78. The van der Waals surface area contributed by atoms with Gasteiger partial charge >= 0.3 is 18.2 Å². The minimum Gasteiger partial charge on any atom is -0.199 e. The third kappa shape index (κ3) is 3.69. The van der Waals surface area contributed by atoms with Gasteiger partial charge < -0.3 is 0 Å². The largest absolute Gasteiger partial charge is 0.462 e. The van der Waals surface area contributed by atoms with Crippen LogP contribution in [0.1, 0.15) is 13.3 Å². The maximum Gasteiger partial charge on any atom is 0.462 e. The maximum absolute atomic E-state index is 12.4. The molecule has 0 saturated heterocycles. The Bertz CT molecular complexity index is 358. The van der Waals surface area contributed by atoms with Crippen LogP contribution in [0, 0.1) is 0 Å². The summed E-state index contributed by atoms with van der Waals surface area (Å²) < 4.78 is 108. The van der Waals surface area contributed by atoms with Crippen LogP contribution in [0.4, 0.5) is 30.7 Å². The summed E-state index contributed by atoms with van der Waals surface area (Å²) in [6.45, 7) is 1.18. The van der Waals surface area contributed by atoms with Gasteiger partial charge in [-0.25, -0.2) is 0 Å². The van der Waals surface area contributed by atoms with Crippen LogP contribution in [-0.4, -0.2) is 32.4 Å². The fourth-order valence-corrected chi connectivity index (χ4v) is 1.68. The van der Waals surface area contributed by atoms with Crippen molar-refractivity contribution in [2.24, 2.45) is 0 Å². The van der Waals surface area contributed by atoms with E-state index in [0.717, 1.165) is 0 Å². The quantitative estimate of drug-likeness (QED) is 0.577. The van der Waals surface area contributed by atoms with Crippen molar-refractivity contribution in [1.82, 2.24) is 0 Å². The molecular weight excluding hydrogens is 285 g/mol. The van der Waals surface area contributed by atoms with E-state index in [1.165, 1.54) is 6.92 Å². The molecule has 104 valence electrons. The molecule has 0 fully saturated rings. The van der Waals surface area contributed by atoms with Crippen molar-refractivity contribution in [3.63, 3.8) is 0 Å². The zero-order chi connectivity index (χ0) is 14.1. The molecule has 0 bridgehead atoms. The van der Waals surface area contributed by atoms with Crippen LogP contribution in [0.5, 0.6) is 0 Å². The molecule has 0 N–H and O–H groups in total. The SMILES string of the molecule is CCCS(=O)(=O)OC(F)(F)C(F)(F)C(F)(F)F. The highest BCUT2D eigenvalue weighted by Gasteiger charge is 2.75. The van der Waals surface area contributed by atoms with E-state index in [4.69, 9.17) is 0 Å². The maximum atomic E-state index is 12.4. The second-order valence-corrected chi connectivity index (χ2v) is 4.62. The summed E-state index contributed by atoms with van der Waals surface area (Å²) in [6.07, 6.45) is -13.1. The lowest BCUT2D eigenvalue weighted by Crippen LogP contribution is -2.54. The number of hydrogen-bond acceptors (Lipinski definition) is 3. The Morgan fingerprint density at radius 1 is 1.00 bits per heavy atom. The first kappa shape index (κ1) is 16.4. The highest BCUT2D eigenvalue weighted by atomic mass is 32.2. The lowest BCUT2D eigenvalue weighted by atomic mass is 10.3. The van der Waals surface area contributed by atoms with Crippen LogP contribution in [-0.2, 0) is 14.3 Å². The van der Waals surface area contributed by atoms with Crippen LogP contribution >= 0.6 is 0 Å². The Morgan fingerprint density at radius 2 is 1.41 bits per heavy atom. The molecule has 0 amide bonds. The first-order chi connectivity index (χ1) is 7.27. The van der Waals surface area contributed by atoms with Gasteiger partial charge in [-0.1, -0.05) is 6.92 Å². The molecule has 0 aromatic carbocycles. The van der Waals surface area contributed by atoms with Crippen molar-refractivity contribution in [2.75, 3.05) is 5.75 Å². The molecule has 0 saturated carbocycles. The van der Waals surface area contributed by atoms with Crippen molar-refractivity contribution in [1.29, 1.82) is 0 Å². The lowest BCUT2D eigenvalue weighted by molar-refractivity contribution is -0.402. The van der Waals surface area contributed by atoms with Crippen molar-refractivity contribution in [2.45, 2.75) is 31.6 Å². The number of alkyl halides is 7. The minimum absolute atomic E-state index is 0.282. The summed E-state index contributed by atoms with van der Waals surface area (Å²) in [5, 5.41) is 0. The molecule has 0 aliphatic heterocycles. The molecule has 0 aromatic heterocycles. The highest BCUT2D eigenvalue weighted by Crippen LogP contribution is 2.47. The van der Waals surface area contributed by atoms with Gasteiger partial charge in [0.05, 0.1) is 5.75 Å². The second-order valence-electron chi connectivity index (χ2n) is 2.93. The summed E-state index contributed by atoms with van der Waals surface area (Å²) in [7, 11) is -5.16. The van der Waals surface area contributed by atoms with Crippen molar-refractivity contribution in [3.05, 3.63) is 0 Å². The topological polar surface area (TPSA) is 43.4 Å². The molecule has 0 radical (unpaired) electrons. The Morgan fingerprint density at radius 3 is 1.71 bits per heavy atom. The van der Waals surface area contributed by atoms with E-state index < -0.39 is 34.1 Å². The molecule has 0 spiro atoms. The van der Waals surface area contributed by atoms with E-state index in [0.29, 0.717) is 0 Å². The fraction of sp³-hybridized carbons (Fsp3) is 1.00. The standard InChI is InChI=1S/C6H7F7O3S/c1-2-3-17(14,15)16-6(12,13)4(7,8)5(9,10)11/h2-3H2,1H3. The van der Waals surface area contributed by atoms with Gasteiger partial charge in [-0.3, -0.25) is 0 Å². The highest BCUT2D eigenvalue weighted by molar-refractivity contribution is 7.86. The second kappa shape index (κ2) is 4.59. The molecule has 0 aliphatic rings. The molecule has 3 nitrogen and oxygen atoms in total. The smallest absolute Gasteiger partial charge is 0.199 e. The lowest BCUT2D eigenvalue weighted by Gasteiger charge is -2.26. The zero-order valence-corrected chi connectivity index (χ0v) is 9.01. The summed E-state index contributed by atoms with van der Waals surface area (Å²) >= 11 is 0. The van der Waals surface area contributed by atoms with E-state index >= 15 is 0 Å². The fourth-order valence-electron chi connectivity index (χ4n) is 0.668. The molecule has 0 heterocycles. The van der Waals surface area contributed by atoms with Crippen molar-refractivity contribution in [3.8, 4) is 0 Å². The van der Waals surface area contributed by atoms with E-state index in [-0.39, 0.29) is 6.42 Å². The van der Waals surface area contributed by atoms with Crippen molar-refractivity contribution < 1.29 is 43.3 Å². The normalized spacial score (nSPS) is 15.1. The van der Waals surface area contributed by atoms with Gasteiger partial charge in [0, 0.05) is 0 Å². The van der Waals surface area contributed by atoms with Gasteiger partial charge in [0.15, 0.2) is 0 Å². The zero-order valence-electron chi connectivity index (χ0n) is 8.19. The summed E-state index contributed by atoms with van der Waals surface area (Å²) in [6, 6.07) is 0. The summed E-state index contributed by atoms with van der Waals surface area (Å²) in [5.41, 5.74) is 0. The Labute approximate surface area is 91.7 Å². The number of rotatable bonds is 5. The van der Waals surface area contributed by atoms with Gasteiger partial charge in [-0.2, -0.15) is 43.3 Å². The van der Waals surface area contributed by atoms with E-state index in [2.05, 4.69) is 4.18 Å². The van der Waals surface area contributed by atoms with E-state index in [1.54, 1.807) is 0 Å². The Balaban J connectivity index is 5.17. The van der Waals surface area contributed by atoms with E-state index in [9.17, 15) is 39.2 Å². The molecule has 0 aromatic rings. The average molecular weight is 292 g/mol. The van der Waals surface area contributed by atoms with Gasteiger partial charge in [-0.05, 0) is 6.42 Å². The molecule has 11 heteroatoms. The summed E-state index contributed by atoms with van der Waals surface area (Å²) in [5.74, 6) is -7.70. The van der Waals surface area contributed by atoms with Crippen LogP contribution in [0.15, 0.2) is 0 Å². The molecule has 0 unspecified atom stereocenters. The summed E-state index contributed by atoms with van der Waals surface area (Å²) in [4.78, 5) is 0. The van der Waals surface area contributed by atoms with Crippen molar-refractivity contribution >= 4 is 10.1 Å². The van der Waals surface area contributed by atoms with Crippen LogP contribution < -0.4 is 0 Å². The van der Waals surface area contributed by atoms with Crippen LogP contribution in [0.25, 0.3) is 0 Å². The van der Waals surface area contributed by atoms with Crippen LogP contribution in [0.3, 0.4) is 0 Å². The predicted molar refractivity (Wildman–Crippen MR) is 41.1 cm³/mol.